The van der Waals surface area contributed by atoms with E-state index in [0.717, 1.165) is 5.56 Å². The molecule has 0 saturated heterocycles. The average molecular weight is 439 g/mol. The van der Waals surface area contributed by atoms with Gasteiger partial charge in [0.2, 0.25) is 0 Å². The predicted octanol–water partition coefficient (Wildman–Crippen LogP) is 4.86. The lowest BCUT2D eigenvalue weighted by molar-refractivity contribution is 0.102. The van der Waals surface area contributed by atoms with Gasteiger partial charge >= 0.3 is 0 Å². The van der Waals surface area contributed by atoms with Gasteiger partial charge in [-0.05, 0) is 63.2 Å². The molecule has 0 aliphatic rings. The number of carbonyl (C=O) groups excluding carboxylic acids is 1. The smallest absolute Gasteiger partial charge is 0.264 e. The maximum Gasteiger partial charge on any atom is 0.264 e. The van der Waals surface area contributed by atoms with E-state index in [0.29, 0.717) is 17.1 Å². The van der Waals surface area contributed by atoms with Crippen LogP contribution in [0.3, 0.4) is 0 Å². The molecule has 7 heteroatoms. The molecule has 0 spiro atoms. The molecule has 0 radical (unpaired) electrons. The zero-order chi connectivity index (χ0) is 22.6. The number of benzene rings is 3. The lowest BCUT2D eigenvalue weighted by atomic mass is 10.2. The van der Waals surface area contributed by atoms with Crippen molar-refractivity contribution in [1.29, 1.82) is 0 Å². The van der Waals surface area contributed by atoms with Gasteiger partial charge in [-0.1, -0.05) is 29.8 Å². The third-order valence-corrected chi connectivity index (χ3v) is 6.40. The molecule has 0 saturated carbocycles. The zero-order valence-corrected chi connectivity index (χ0v) is 18.8. The minimum Gasteiger partial charge on any atom is -0.491 e. The third kappa shape index (κ3) is 5.44. The number of nitrogens with zero attached hydrogens (tertiary/aromatic N) is 1. The lowest BCUT2D eigenvalue weighted by Gasteiger charge is -2.20. The van der Waals surface area contributed by atoms with Crippen molar-refractivity contribution in [3.8, 4) is 5.75 Å². The second-order valence-corrected chi connectivity index (χ2v) is 9.45. The Morgan fingerprint density at radius 2 is 1.65 bits per heavy atom. The van der Waals surface area contributed by atoms with E-state index >= 15 is 0 Å². The molecule has 0 atom stereocenters. The summed E-state index contributed by atoms with van der Waals surface area (Å²) in [4.78, 5) is 12.8. The van der Waals surface area contributed by atoms with E-state index < -0.39 is 15.9 Å². The van der Waals surface area contributed by atoms with Crippen LogP contribution in [0.4, 0.5) is 11.4 Å². The van der Waals surface area contributed by atoms with E-state index in [1.54, 1.807) is 42.5 Å². The lowest BCUT2D eigenvalue weighted by Crippen LogP contribution is -2.26. The van der Waals surface area contributed by atoms with Crippen LogP contribution < -0.4 is 14.4 Å². The van der Waals surface area contributed by atoms with Crippen molar-refractivity contribution in [3.63, 3.8) is 0 Å². The average Bonchev–Trinajstić information content (AvgIpc) is 2.73. The van der Waals surface area contributed by atoms with Gasteiger partial charge in [-0.25, -0.2) is 8.42 Å². The highest BCUT2D eigenvalue weighted by Gasteiger charge is 2.22. The summed E-state index contributed by atoms with van der Waals surface area (Å²) in [5.74, 6) is 0.237. The highest BCUT2D eigenvalue weighted by molar-refractivity contribution is 7.92. The molecular weight excluding hydrogens is 412 g/mol. The summed E-state index contributed by atoms with van der Waals surface area (Å²) in [6.07, 6.45) is 0.0124. The minimum atomic E-state index is -3.82. The van der Waals surface area contributed by atoms with E-state index in [-0.39, 0.29) is 16.6 Å². The Bertz CT molecular complexity index is 1170. The van der Waals surface area contributed by atoms with Gasteiger partial charge < -0.3 is 10.1 Å². The van der Waals surface area contributed by atoms with Gasteiger partial charge in [-0.15, -0.1) is 0 Å². The van der Waals surface area contributed by atoms with Crippen LogP contribution in [0.15, 0.2) is 77.7 Å². The van der Waals surface area contributed by atoms with Crippen molar-refractivity contribution < 1.29 is 17.9 Å². The first kappa shape index (κ1) is 22.4. The molecule has 31 heavy (non-hydrogen) atoms. The van der Waals surface area contributed by atoms with Crippen LogP contribution >= 0.6 is 0 Å². The molecule has 0 unspecified atom stereocenters. The number of sulfonamides is 1. The number of rotatable bonds is 7. The van der Waals surface area contributed by atoms with Crippen molar-refractivity contribution >= 4 is 27.3 Å². The standard InChI is InChI=1S/C24H26N2O4S/c1-17(2)30-22-9-6-8-20(16-22)25-24(27)19-7-5-10-23(15-19)31(28,29)26(4)21-13-11-18(3)12-14-21/h5-17H,1-4H3,(H,25,27). The molecule has 0 bridgehead atoms. The summed E-state index contributed by atoms with van der Waals surface area (Å²) < 4.78 is 33.0. The number of carbonyl (C=O) groups is 1. The van der Waals surface area contributed by atoms with Gasteiger partial charge in [-0.3, -0.25) is 9.10 Å². The normalized spacial score (nSPS) is 11.3. The van der Waals surface area contributed by atoms with Crippen molar-refractivity contribution in [2.45, 2.75) is 31.8 Å². The molecule has 3 aromatic carbocycles. The van der Waals surface area contributed by atoms with Gasteiger partial charge in [0.05, 0.1) is 16.7 Å². The van der Waals surface area contributed by atoms with Gasteiger partial charge in [0, 0.05) is 24.4 Å². The van der Waals surface area contributed by atoms with Crippen LogP contribution in [0.1, 0.15) is 29.8 Å². The summed E-state index contributed by atoms with van der Waals surface area (Å²) in [5, 5.41) is 2.79. The molecule has 0 aliphatic carbocycles. The van der Waals surface area contributed by atoms with Gasteiger partial charge in [0.15, 0.2) is 0 Å². The summed E-state index contributed by atoms with van der Waals surface area (Å²) in [5.41, 5.74) is 2.39. The Labute approximate surface area is 183 Å². The molecule has 0 aromatic heterocycles. The minimum absolute atomic E-state index is 0.0124. The number of anilines is 2. The van der Waals surface area contributed by atoms with Crippen molar-refractivity contribution in [1.82, 2.24) is 0 Å². The SMILES string of the molecule is Cc1ccc(N(C)S(=O)(=O)c2cccc(C(=O)Nc3cccc(OC(C)C)c3)c2)cc1. The highest BCUT2D eigenvalue weighted by atomic mass is 32.2. The Morgan fingerprint density at radius 3 is 2.32 bits per heavy atom. The topological polar surface area (TPSA) is 75.7 Å². The van der Waals surface area contributed by atoms with E-state index in [9.17, 15) is 13.2 Å². The molecular formula is C24H26N2O4S. The van der Waals surface area contributed by atoms with Crippen LogP contribution in [-0.2, 0) is 10.0 Å². The fourth-order valence-electron chi connectivity index (χ4n) is 2.97. The largest absolute Gasteiger partial charge is 0.491 e. The monoisotopic (exact) mass is 438 g/mol. The molecule has 0 heterocycles. The molecule has 3 aromatic rings. The number of hydrogen-bond donors (Lipinski definition) is 1. The number of hydrogen-bond acceptors (Lipinski definition) is 4. The highest BCUT2D eigenvalue weighted by Crippen LogP contribution is 2.24. The van der Waals surface area contributed by atoms with Crippen molar-refractivity contribution in [2.24, 2.45) is 0 Å². The molecule has 6 nitrogen and oxygen atoms in total. The summed E-state index contributed by atoms with van der Waals surface area (Å²) in [6.45, 7) is 5.78. The van der Waals surface area contributed by atoms with E-state index in [1.807, 2.05) is 39.0 Å². The molecule has 0 aliphatic heterocycles. The summed E-state index contributed by atoms with van der Waals surface area (Å²) >= 11 is 0. The second-order valence-electron chi connectivity index (χ2n) is 7.48. The predicted molar refractivity (Wildman–Crippen MR) is 123 cm³/mol. The number of amides is 1. The Morgan fingerprint density at radius 1 is 0.968 bits per heavy atom. The van der Waals surface area contributed by atoms with E-state index in [4.69, 9.17) is 4.74 Å². The first-order valence-corrected chi connectivity index (χ1v) is 11.3. The fourth-order valence-corrected chi connectivity index (χ4v) is 4.21. The van der Waals surface area contributed by atoms with Gasteiger partial charge in [-0.2, -0.15) is 0 Å². The molecule has 1 N–H and O–H groups in total. The second kappa shape index (κ2) is 9.22. The van der Waals surface area contributed by atoms with Crippen LogP contribution in [0.5, 0.6) is 5.75 Å². The molecule has 0 fully saturated rings. The van der Waals surface area contributed by atoms with Gasteiger partial charge in [0.1, 0.15) is 5.75 Å². The quantitative estimate of drug-likeness (QED) is 0.572. The molecule has 162 valence electrons. The van der Waals surface area contributed by atoms with Gasteiger partial charge in [0.25, 0.3) is 15.9 Å². The molecule has 1 amide bonds. The Hall–Kier alpha value is -3.32. The summed E-state index contributed by atoms with van der Waals surface area (Å²) in [7, 11) is -2.33. The van der Waals surface area contributed by atoms with Crippen molar-refractivity contribution in [2.75, 3.05) is 16.7 Å². The summed E-state index contributed by atoms with van der Waals surface area (Å²) in [6, 6.07) is 20.3. The first-order valence-electron chi connectivity index (χ1n) is 9.90. The van der Waals surface area contributed by atoms with Crippen LogP contribution in [-0.4, -0.2) is 27.5 Å². The van der Waals surface area contributed by atoms with Crippen LogP contribution in [0, 0.1) is 6.92 Å². The third-order valence-electron chi connectivity index (χ3n) is 4.62. The zero-order valence-electron chi connectivity index (χ0n) is 18.0. The van der Waals surface area contributed by atoms with E-state index in [1.165, 1.54) is 23.5 Å². The number of nitrogens with one attached hydrogen (secondary N) is 1. The Balaban J connectivity index is 1.82. The van der Waals surface area contributed by atoms with Crippen molar-refractivity contribution in [3.05, 3.63) is 83.9 Å². The molecule has 3 rings (SSSR count). The van der Waals surface area contributed by atoms with Crippen LogP contribution in [0.2, 0.25) is 0 Å². The number of aryl methyl sites for hydroxylation is 1. The maximum absolute atomic E-state index is 13.1. The first-order chi connectivity index (χ1) is 14.7. The number of ether oxygens (including phenoxy) is 1. The fraction of sp³-hybridized carbons (Fsp3) is 0.208. The maximum atomic E-state index is 13.1. The van der Waals surface area contributed by atoms with E-state index in [2.05, 4.69) is 5.32 Å². The van der Waals surface area contributed by atoms with Crippen LogP contribution in [0.25, 0.3) is 0 Å². The Kier molecular flexibility index (Phi) is 6.65.